The highest BCUT2D eigenvalue weighted by Crippen LogP contribution is 2.24. The molecule has 26 heavy (non-hydrogen) atoms. The van der Waals surface area contributed by atoms with E-state index in [2.05, 4.69) is 10.3 Å². The van der Waals surface area contributed by atoms with Crippen molar-refractivity contribution in [1.29, 1.82) is 0 Å². The number of carbonyl (C=O) groups excluding carboxylic acids is 2. The summed E-state index contributed by atoms with van der Waals surface area (Å²) >= 11 is 11.7. The van der Waals surface area contributed by atoms with Gasteiger partial charge in [0.2, 0.25) is 0 Å². The van der Waals surface area contributed by atoms with Gasteiger partial charge in [-0.25, -0.2) is 9.78 Å². The van der Waals surface area contributed by atoms with Crippen LogP contribution in [0, 0.1) is 0 Å². The Hall–Kier alpha value is -2.51. The number of carbonyl (C=O) groups is 2. The van der Waals surface area contributed by atoms with Gasteiger partial charge in [0.15, 0.2) is 11.9 Å². The standard InChI is InChI=1S/C17H16Cl2N2O5/c1-9(16(22)21-15-14(19)6-11(18)8-20-15)26-17(23)10-4-12(24-2)7-13(5-10)25-3/h4-9H,1-3H3,(H,20,21,22). The average Bonchev–Trinajstić information content (AvgIpc) is 2.63. The van der Waals surface area contributed by atoms with Crippen molar-refractivity contribution in [3.63, 3.8) is 0 Å². The highest BCUT2D eigenvalue weighted by Gasteiger charge is 2.21. The van der Waals surface area contributed by atoms with Crippen LogP contribution in [-0.4, -0.2) is 37.2 Å². The number of rotatable bonds is 6. The van der Waals surface area contributed by atoms with E-state index in [9.17, 15) is 9.59 Å². The molecule has 1 heterocycles. The summed E-state index contributed by atoms with van der Waals surface area (Å²) in [6.07, 6.45) is 0.246. The molecule has 9 heteroatoms. The Labute approximate surface area is 160 Å². The van der Waals surface area contributed by atoms with Gasteiger partial charge in [0.1, 0.15) is 11.5 Å². The fraction of sp³-hybridized carbons (Fsp3) is 0.235. The SMILES string of the molecule is COc1cc(OC)cc(C(=O)OC(C)C(=O)Nc2ncc(Cl)cc2Cl)c1. The molecule has 0 bridgehead atoms. The first-order valence-electron chi connectivity index (χ1n) is 7.40. The van der Waals surface area contributed by atoms with Crippen molar-refractivity contribution in [2.75, 3.05) is 19.5 Å². The first-order chi connectivity index (χ1) is 12.3. The van der Waals surface area contributed by atoms with Crippen molar-refractivity contribution in [3.8, 4) is 11.5 Å². The van der Waals surface area contributed by atoms with E-state index in [1.807, 2.05) is 0 Å². The number of aromatic nitrogens is 1. The minimum atomic E-state index is -1.09. The number of benzene rings is 1. The molecule has 0 radical (unpaired) electrons. The average molecular weight is 399 g/mol. The van der Waals surface area contributed by atoms with Crippen LogP contribution in [-0.2, 0) is 9.53 Å². The molecule has 1 atom stereocenters. The number of hydrogen-bond acceptors (Lipinski definition) is 6. The van der Waals surface area contributed by atoms with Crippen molar-refractivity contribution >= 4 is 40.9 Å². The fourth-order valence-electron chi connectivity index (χ4n) is 1.93. The van der Waals surface area contributed by atoms with Crippen molar-refractivity contribution < 1.29 is 23.8 Å². The van der Waals surface area contributed by atoms with Crippen LogP contribution in [0.4, 0.5) is 5.82 Å². The lowest BCUT2D eigenvalue weighted by molar-refractivity contribution is -0.123. The molecule has 1 unspecified atom stereocenters. The number of ether oxygens (including phenoxy) is 3. The summed E-state index contributed by atoms with van der Waals surface area (Å²) in [6.45, 7) is 1.43. The van der Waals surface area contributed by atoms with Crippen molar-refractivity contribution in [2.24, 2.45) is 0 Å². The largest absolute Gasteiger partial charge is 0.497 e. The summed E-state index contributed by atoms with van der Waals surface area (Å²) in [4.78, 5) is 28.4. The van der Waals surface area contributed by atoms with Gasteiger partial charge in [0.05, 0.1) is 29.8 Å². The molecule has 0 aliphatic heterocycles. The molecule has 7 nitrogen and oxygen atoms in total. The third-order valence-corrected chi connectivity index (χ3v) is 3.78. The quantitative estimate of drug-likeness (QED) is 0.748. The van der Waals surface area contributed by atoms with Crippen molar-refractivity contribution in [1.82, 2.24) is 4.98 Å². The molecule has 0 aliphatic carbocycles. The van der Waals surface area contributed by atoms with Gasteiger partial charge < -0.3 is 19.5 Å². The molecule has 2 aromatic rings. The van der Waals surface area contributed by atoms with Crippen LogP contribution >= 0.6 is 23.2 Å². The van der Waals surface area contributed by atoms with Gasteiger partial charge in [-0.15, -0.1) is 0 Å². The highest BCUT2D eigenvalue weighted by molar-refractivity contribution is 6.36. The molecular formula is C17H16Cl2N2O5. The third kappa shape index (κ3) is 5.00. The van der Waals surface area contributed by atoms with Crippen LogP contribution in [0.1, 0.15) is 17.3 Å². The Bertz CT molecular complexity index is 807. The second-order valence-corrected chi connectivity index (χ2v) is 5.97. The van der Waals surface area contributed by atoms with Crippen LogP contribution in [0.15, 0.2) is 30.5 Å². The zero-order valence-corrected chi connectivity index (χ0v) is 15.7. The fourth-order valence-corrected chi connectivity index (χ4v) is 2.36. The maximum absolute atomic E-state index is 12.3. The monoisotopic (exact) mass is 398 g/mol. The van der Waals surface area contributed by atoms with Crippen LogP contribution in [0.5, 0.6) is 11.5 Å². The molecule has 0 saturated heterocycles. The Morgan fingerprint density at radius 1 is 1.08 bits per heavy atom. The molecule has 1 aromatic carbocycles. The lowest BCUT2D eigenvalue weighted by Crippen LogP contribution is -2.30. The number of pyridine rings is 1. The van der Waals surface area contributed by atoms with Gasteiger partial charge in [-0.1, -0.05) is 23.2 Å². The number of methoxy groups -OCH3 is 2. The van der Waals surface area contributed by atoms with Gasteiger partial charge >= 0.3 is 5.97 Å². The minimum Gasteiger partial charge on any atom is -0.497 e. The number of amides is 1. The normalized spacial score (nSPS) is 11.4. The second kappa shape index (κ2) is 8.73. The maximum Gasteiger partial charge on any atom is 0.339 e. The van der Waals surface area contributed by atoms with E-state index in [0.717, 1.165) is 0 Å². The van der Waals surface area contributed by atoms with Gasteiger partial charge in [0, 0.05) is 12.3 Å². The lowest BCUT2D eigenvalue weighted by atomic mass is 10.2. The Kier molecular flexibility index (Phi) is 6.65. The summed E-state index contributed by atoms with van der Waals surface area (Å²) in [7, 11) is 2.92. The molecule has 2 rings (SSSR count). The number of nitrogens with one attached hydrogen (secondary N) is 1. The zero-order valence-electron chi connectivity index (χ0n) is 14.2. The van der Waals surface area contributed by atoms with Gasteiger partial charge in [0.25, 0.3) is 5.91 Å². The van der Waals surface area contributed by atoms with E-state index in [0.29, 0.717) is 16.5 Å². The van der Waals surface area contributed by atoms with E-state index in [1.165, 1.54) is 45.5 Å². The van der Waals surface area contributed by atoms with Gasteiger partial charge in [-0.3, -0.25) is 4.79 Å². The van der Waals surface area contributed by atoms with E-state index >= 15 is 0 Å². The summed E-state index contributed by atoms with van der Waals surface area (Å²) < 4.78 is 15.4. The lowest BCUT2D eigenvalue weighted by Gasteiger charge is -2.14. The molecule has 0 spiro atoms. The first-order valence-corrected chi connectivity index (χ1v) is 8.15. The Morgan fingerprint density at radius 2 is 1.69 bits per heavy atom. The van der Waals surface area contributed by atoms with Gasteiger partial charge in [-0.05, 0) is 25.1 Å². The number of halogens is 2. The van der Waals surface area contributed by atoms with E-state index < -0.39 is 18.0 Å². The number of anilines is 1. The number of nitrogens with zero attached hydrogens (tertiary/aromatic N) is 1. The van der Waals surface area contributed by atoms with E-state index in [4.69, 9.17) is 37.4 Å². The molecule has 1 aromatic heterocycles. The van der Waals surface area contributed by atoms with Crippen LogP contribution in [0.2, 0.25) is 10.0 Å². The van der Waals surface area contributed by atoms with Crippen LogP contribution in [0.3, 0.4) is 0 Å². The van der Waals surface area contributed by atoms with Crippen molar-refractivity contribution in [3.05, 3.63) is 46.1 Å². The number of hydrogen-bond donors (Lipinski definition) is 1. The van der Waals surface area contributed by atoms with Gasteiger partial charge in [-0.2, -0.15) is 0 Å². The molecule has 0 fully saturated rings. The minimum absolute atomic E-state index is 0.118. The Balaban J connectivity index is 2.07. The third-order valence-electron chi connectivity index (χ3n) is 3.29. The predicted octanol–water partition coefficient (Wildman–Crippen LogP) is 3.59. The molecule has 0 aliphatic rings. The molecule has 1 amide bonds. The maximum atomic E-state index is 12.3. The molecule has 1 N–H and O–H groups in total. The van der Waals surface area contributed by atoms with Crippen LogP contribution < -0.4 is 14.8 Å². The first kappa shape index (κ1) is 19.8. The second-order valence-electron chi connectivity index (χ2n) is 5.12. The highest BCUT2D eigenvalue weighted by atomic mass is 35.5. The molecule has 138 valence electrons. The topological polar surface area (TPSA) is 86.8 Å². The predicted molar refractivity (Wildman–Crippen MR) is 97.3 cm³/mol. The van der Waals surface area contributed by atoms with E-state index in [1.54, 1.807) is 6.07 Å². The summed E-state index contributed by atoms with van der Waals surface area (Å²) in [5, 5.41) is 2.97. The summed E-state index contributed by atoms with van der Waals surface area (Å²) in [5.41, 5.74) is 0.184. The zero-order chi connectivity index (χ0) is 19.3. The summed E-state index contributed by atoms with van der Waals surface area (Å²) in [6, 6.07) is 6.01. The Morgan fingerprint density at radius 3 is 2.23 bits per heavy atom. The van der Waals surface area contributed by atoms with E-state index in [-0.39, 0.29) is 16.4 Å². The van der Waals surface area contributed by atoms with Crippen molar-refractivity contribution in [2.45, 2.75) is 13.0 Å². The molecular weight excluding hydrogens is 383 g/mol. The summed E-state index contributed by atoms with van der Waals surface area (Å²) in [5.74, 6) is -0.340. The number of esters is 1. The molecule has 0 saturated carbocycles. The van der Waals surface area contributed by atoms with Crippen LogP contribution in [0.25, 0.3) is 0 Å². The smallest absolute Gasteiger partial charge is 0.339 e.